The fourth-order valence-electron chi connectivity index (χ4n) is 0.541. The minimum atomic E-state index is -1.95. The molecule has 0 aromatic heterocycles. The summed E-state index contributed by atoms with van der Waals surface area (Å²) in [7, 11) is 0. The van der Waals surface area contributed by atoms with Crippen LogP contribution in [0, 0.1) is 5.82 Å². The second kappa shape index (κ2) is 3.13. The maximum atomic E-state index is 13.1. The molecule has 1 N–H and O–H groups in total. The zero-order chi connectivity index (χ0) is 12.6. The van der Waals surface area contributed by atoms with Gasteiger partial charge in [0.15, 0.2) is 0 Å². The molecule has 0 bridgehead atoms. The Kier molecular flexibility index (Phi) is 1.13. The number of hydrogen-bond acceptors (Lipinski definition) is 2. The summed E-state index contributed by atoms with van der Waals surface area (Å²) in [5.74, 6) is -5.06. The molecule has 0 atom stereocenters. The third-order valence-electron chi connectivity index (χ3n) is 1.02. The molecule has 0 heterocycles. The first-order valence-corrected chi connectivity index (χ1v) is 2.82. The summed E-state index contributed by atoms with van der Waals surface area (Å²) in [4.78, 5) is 21.4. The van der Waals surface area contributed by atoms with Gasteiger partial charge < -0.3 is 5.11 Å². The Balaban J connectivity index is 3.64. The number of ketones is 1. The highest BCUT2D eigenvalue weighted by Crippen LogP contribution is 2.03. The minimum Gasteiger partial charge on any atom is -0.475 e. The van der Waals surface area contributed by atoms with Gasteiger partial charge in [0.25, 0.3) is 5.78 Å². The molecule has 1 aromatic carbocycles. The molecule has 62 valence electrons. The molecule has 0 fully saturated rings. The average Bonchev–Trinajstić information content (AvgIpc) is 2.23. The van der Waals surface area contributed by atoms with Crippen LogP contribution in [-0.2, 0) is 4.79 Å². The van der Waals surface area contributed by atoms with Crippen LogP contribution in [0.15, 0.2) is 24.2 Å². The van der Waals surface area contributed by atoms with E-state index in [1.54, 1.807) is 0 Å². The second-order valence-electron chi connectivity index (χ2n) is 1.82. The van der Waals surface area contributed by atoms with Crippen molar-refractivity contribution >= 4 is 11.8 Å². The van der Waals surface area contributed by atoms with Crippen molar-refractivity contribution in [2.45, 2.75) is 0 Å². The van der Waals surface area contributed by atoms with Crippen LogP contribution in [0.3, 0.4) is 0 Å². The molecule has 0 saturated carbocycles. The van der Waals surface area contributed by atoms with Gasteiger partial charge in [-0.2, -0.15) is 0 Å². The zero-order valence-electron chi connectivity index (χ0n) is 9.64. The van der Waals surface area contributed by atoms with Gasteiger partial charge in [-0.05, 0) is 12.1 Å². The molecular formula is C8H5FO3. The standard InChI is InChI=1S/C8H5FO3/c9-6-3-1-2-5(4-6)7(10)8(11)12/h1-4H,(H,11,12)/i1D,2D,3D,4D,7+1,8+1. The van der Waals surface area contributed by atoms with E-state index in [2.05, 4.69) is 0 Å². The van der Waals surface area contributed by atoms with Crippen molar-refractivity contribution in [1.82, 2.24) is 0 Å². The van der Waals surface area contributed by atoms with Crippen LogP contribution in [0.4, 0.5) is 4.39 Å². The molecule has 0 aliphatic rings. The van der Waals surface area contributed by atoms with Crippen LogP contribution in [0.25, 0.3) is 0 Å². The molecule has 0 unspecified atom stereocenters. The SMILES string of the molecule is [2H]c1c([2H])c(F)c([2H])c([13C](=O)[13C](=O)O)c1[2H]. The van der Waals surface area contributed by atoms with E-state index in [1.807, 2.05) is 0 Å². The molecule has 0 aliphatic carbocycles. The van der Waals surface area contributed by atoms with E-state index in [0.29, 0.717) is 0 Å². The first kappa shape index (κ1) is 4.35. The molecule has 3 nitrogen and oxygen atoms in total. The Bertz CT molecular complexity index is 472. The van der Waals surface area contributed by atoms with Gasteiger partial charge in [0.05, 0.1) is 5.48 Å². The number of carboxylic acid groups (broad SMARTS) is 1. The molecular weight excluding hydrogens is 165 g/mol. The summed E-state index contributed by atoms with van der Waals surface area (Å²) in [6, 6.07) is -3.99. The summed E-state index contributed by atoms with van der Waals surface area (Å²) in [5.41, 5.74) is -1.01. The van der Waals surface area contributed by atoms with E-state index in [4.69, 9.17) is 10.6 Å². The van der Waals surface area contributed by atoms with Crippen molar-refractivity contribution in [3.05, 3.63) is 35.6 Å². The number of benzene rings is 1. The van der Waals surface area contributed by atoms with Crippen molar-refractivity contribution in [3.8, 4) is 0 Å². The lowest BCUT2D eigenvalue weighted by Gasteiger charge is -1.94. The maximum absolute atomic E-state index is 13.1. The third-order valence-corrected chi connectivity index (χ3v) is 1.02. The molecule has 1 rings (SSSR count). The van der Waals surface area contributed by atoms with Crippen LogP contribution in [-0.4, -0.2) is 16.9 Å². The highest BCUT2D eigenvalue weighted by Gasteiger charge is 2.13. The van der Waals surface area contributed by atoms with Crippen LogP contribution < -0.4 is 0 Å². The molecule has 0 spiro atoms. The average molecular weight is 174 g/mol. The summed E-state index contributed by atoms with van der Waals surface area (Å²) in [6.45, 7) is 0. The van der Waals surface area contributed by atoms with Crippen molar-refractivity contribution < 1.29 is 24.6 Å². The van der Waals surface area contributed by atoms with Crippen LogP contribution in [0.2, 0.25) is 0 Å². The van der Waals surface area contributed by atoms with E-state index >= 15 is 0 Å². The Labute approximate surface area is 73.1 Å². The van der Waals surface area contributed by atoms with Gasteiger partial charge in [0.2, 0.25) is 0 Å². The van der Waals surface area contributed by atoms with Gasteiger partial charge in [0.1, 0.15) is 5.82 Å². The van der Waals surface area contributed by atoms with Crippen molar-refractivity contribution in [1.29, 1.82) is 0 Å². The molecule has 0 aliphatic heterocycles. The predicted molar refractivity (Wildman–Crippen MR) is 38.4 cm³/mol. The molecule has 0 saturated heterocycles. The van der Waals surface area contributed by atoms with E-state index < -0.39 is 47.3 Å². The van der Waals surface area contributed by atoms with Crippen molar-refractivity contribution in [2.24, 2.45) is 0 Å². The fraction of sp³-hybridized carbons (Fsp3) is 0. The quantitative estimate of drug-likeness (QED) is 0.415. The lowest BCUT2D eigenvalue weighted by atomic mass is 10.3. The van der Waals surface area contributed by atoms with Crippen LogP contribution >= 0.6 is 0 Å². The summed E-state index contributed by atoms with van der Waals surface area (Å²) >= 11 is 0. The number of carboxylic acids is 1. The Morgan fingerprint density at radius 1 is 1.50 bits per heavy atom. The number of aliphatic carboxylic acids is 1. The van der Waals surface area contributed by atoms with E-state index in [0.717, 1.165) is 0 Å². The smallest absolute Gasteiger partial charge is 0.377 e. The van der Waals surface area contributed by atoms with E-state index in [1.165, 1.54) is 0 Å². The van der Waals surface area contributed by atoms with Gasteiger partial charge in [-0.3, -0.25) is 4.79 Å². The molecule has 12 heavy (non-hydrogen) atoms. The molecule has 1 aromatic rings. The predicted octanol–water partition coefficient (Wildman–Crippen LogP) is 1.09. The summed E-state index contributed by atoms with van der Waals surface area (Å²) in [5, 5.41) is 8.39. The Hall–Kier alpha value is -1.71. The Morgan fingerprint density at radius 3 is 2.75 bits per heavy atom. The van der Waals surface area contributed by atoms with Crippen molar-refractivity contribution in [2.75, 3.05) is 0 Å². The fourth-order valence-corrected chi connectivity index (χ4v) is 0.541. The first-order valence-electron chi connectivity index (χ1n) is 4.82. The number of Topliss-reactive ketones (excluding diaryl/α,β-unsaturated/α-hetero) is 1. The Morgan fingerprint density at radius 2 is 2.17 bits per heavy atom. The van der Waals surface area contributed by atoms with Crippen molar-refractivity contribution in [3.63, 3.8) is 0 Å². The van der Waals surface area contributed by atoms with Gasteiger partial charge in [0, 0.05) is 5.56 Å². The van der Waals surface area contributed by atoms with E-state index in [9.17, 15) is 14.0 Å². The van der Waals surface area contributed by atoms with Gasteiger partial charge >= 0.3 is 5.97 Å². The van der Waals surface area contributed by atoms with Gasteiger partial charge in [-0.1, -0.05) is 12.1 Å². The number of hydrogen-bond donors (Lipinski definition) is 1. The topological polar surface area (TPSA) is 54.4 Å². The number of carbonyl (C=O) groups excluding carboxylic acids is 1. The lowest BCUT2D eigenvalue weighted by molar-refractivity contribution is -0.131. The largest absolute Gasteiger partial charge is 0.475 e. The van der Waals surface area contributed by atoms with E-state index in [-0.39, 0.29) is 0 Å². The number of carbonyl (C=O) groups is 2. The van der Waals surface area contributed by atoms with Gasteiger partial charge in [-0.15, -0.1) is 0 Å². The highest BCUT2D eigenvalue weighted by atomic mass is 19.1. The first-order chi connectivity index (χ1) is 7.29. The van der Waals surface area contributed by atoms with Crippen LogP contribution in [0.5, 0.6) is 0 Å². The monoisotopic (exact) mass is 174 g/mol. The lowest BCUT2D eigenvalue weighted by Crippen LogP contribution is -2.12. The zero-order valence-corrected chi connectivity index (χ0v) is 5.64. The van der Waals surface area contributed by atoms with Gasteiger partial charge in [-0.25, -0.2) is 9.18 Å². The number of halogens is 1. The normalized spacial score (nSPS) is 14.1. The maximum Gasteiger partial charge on any atom is 0.377 e. The summed E-state index contributed by atoms with van der Waals surface area (Å²) in [6.07, 6.45) is 0. The second-order valence-corrected chi connectivity index (χ2v) is 1.82. The molecule has 4 heteroatoms. The molecule has 0 amide bonds. The summed E-state index contributed by atoms with van der Waals surface area (Å²) < 4.78 is 41.6. The minimum absolute atomic E-state index is 0.918. The third kappa shape index (κ3) is 1.66. The van der Waals surface area contributed by atoms with Crippen LogP contribution in [0.1, 0.15) is 15.8 Å². The molecule has 0 radical (unpaired) electrons. The number of rotatable bonds is 2. The highest BCUT2D eigenvalue weighted by molar-refractivity contribution is 6.39.